The maximum atomic E-state index is 6.20. The van der Waals surface area contributed by atoms with Gasteiger partial charge in [0.2, 0.25) is 0 Å². The molecule has 4 fully saturated rings. The molecule has 4 heterocycles. The van der Waals surface area contributed by atoms with Crippen LogP contribution in [-0.4, -0.2) is 61.5 Å². The zero-order chi connectivity index (χ0) is 13.4. The molecule has 0 aliphatic carbocycles. The van der Waals surface area contributed by atoms with E-state index in [-0.39, 0.29) is 5.60 Å². The minimum Gasteiger partial charge on any atom is -0.381 e. The molecule has 20 heavy (non-hydrogen) atoms. The van der Waals surface area contributed by atoms with Gasteiger partial charge < -0.3 is 14.8 Å². The van der Waals surface area contributed by atoms with Crippen LogP contribution in [0.1, 0.15) is 44.9 Å². The fraction of sp³-hybridized carbons (Fsp3) is 1.00. The van der Waals surface area contributed by atoms with Crippen molar-refractivity contribution in [3.63, 3.8) is 0 Å². The summed E-state index contributed by atoms with van der Waals surface area (Å²) in [7, 11) is 0. The van der Waals surface area contributed by atoms with Crippen LogP contribution in [0.5, 0.6) is 0 Å². The highest BCUT2D eigenvalue weighted by atomic mass is 16.5. The van der Waals surface area contributed by atoms with Crippen LogP contribution < -0.4 is 5.32 Å². The van der Waals surface area contributed by atoms with Gasteiger partial charge in [0, 0.05) is 44.5 Å². The molecule has 2 bridgehead atoms. The van der Waals surface area contributed by atoms with Gasteiger partial charge in [-0.1, -0.05) is 0 Å². The van der Waals surface area contributed by atoms with Gasteiger partial charge in [-0.15, -0.1) is 0 Å². The molecule has 3 unspecified atom stereocenters. The van der Waals surface area contributed by atoms with Gasteiger partial charge in [-0.05, 0) is 51.5 Å². The molecule has 0 amide bonds. The lowest BCUT2D eigenvalue weighted by atomic mass is 9.83. The maximum Gasteiger partial charge on any atom is 0.0741 e. The molecular formula is C16H28N2O2. The van der Waals surface area contributed by atoms with Crippen molar-refractivity contribution in [2.45, 2.75) is 68.7 Å². The first kappa shape index (κ1) is 13.5. The Morgan fingerprint density at radius 3 is 2.70 bits per heavy atom. The molecule has 0 aromatic carbocycles. The number of ether oxygens (including phenoxy) is 2. The molecule has 0 radical (unpaired) electrons. The monoisotopic (exact) mass is 280 g/mol. The molecule has 4 aliphatic rings. The molecule has 3 atom stereocenters. The normalized spacial score (nSPS) is 41.7. The zero-order valence-electron chi connectivity index (χ0n) is 12.5. The number of likely N-dealkylation sites (tertiary alicyclic amines) is 1. The number of rotatable bonds is 1. The van der Waals surface area contributed by atoms with Crippen molar-refractivity contribution in [1.82, 2.24) is 10.2 Å². The van der Waals surface area contributed by atoms with Crippen molar-refractivity contribution < 1.29 is 9.47 Å². The van der Waals surface area contributed by atoms with E-state index in [0.717, 1.165) is 50.8 Å². The highest BCUT2D eigenvalue weighted by Crippen LogP contribution is 2.37. The molecule has 1 spiro atoms. The van der Waals surface area contributed by atoms with E-state index in [4.69, 9.17) is 9.47 Å². The van der Waals surface area contributed by atoms with Crippen molar-refractivity contribution in [2.75, 3.05) is 32.9 Å². The van der Waals surface area contributed by atoms with Gasteiger partial charge in [0.05, 0.1) is 5.60 Å². The van der Waals surface area contributed by atoms with Crippen LogP contribution in [0, 0.1) is 0 Å². The van der Waals surface area contributed by atoms with Crippen LogP contribution >= 0.6 is 0 Å². The summed E-state index contributed by atoms with van der Waals surface area (Å²) in [6, 6.07) is 2.28. The Morgan fingerprint density at radius 2 is 1.80 bits per heavy atom. The molecule has 4 nitrogen and oxygen atoms in total. The molecule has 0 saturated carbocycles. The number of nitrogens with zero attached hydrogens (tertiary/aromatic N) is 1. The lowest BCUT2D eigenvalue weighted by molar-refractivity contribution is -0.151. The Bertz CT molecular complexity index is 338. The highest BCUT2D eigenvalue weighted by Gasteiger charge is 2.42. The highest BCUT2D eigenvalue weighted by molar-refractivity contribution is 4.96. The number of hydrogen-bond donors (Lipinski definition) is 1. The van der Waals surface area contributed by atoms with Crippen LogP contribution in [0.3, 0.4) is 0 Å². The maximum absolute atomic E-state index is 6.20. The second-order valence-corrected chi connectivity index (χ2v) is 7.21. The first-order valence-corrected chi connectivity index (χ1v) is 8.55. The molecule has 4 rings (SSSR count). The summed E-state index contributed by atoms with van der Waals surface area (Å²) in [5.74, 6) is 0. The zero-order valence-corrected chi connectivity index (χ0v) is 12.5. The van der Waals surface area contributed by atoms with E-state index in [1.54, 1.807) is 0 Å². The lowest BCUT2D eigenvalue weighted by Crippen LogP contribution is -2.52. The van der Waals surface area contributed by atoms with Crippen molar-refractivity contribution in [3.05, 3.63) is 0 Å². The van der Waals surface area contributed by atoms with Crippen LogP contribution in [0.15, 0.2) is 0 Å². The molecule has 4 heteroatoms. The smallest absolute Gasteiger partial charge is 0.0741 e. The van der Waals surface area contributed by atoms with Crippen LogP contribution in [-0.2, 0) is 9.47 Å². The van der Waals surface area contributed by atoms with E-state index >= 15 is 0 Å². The molecule has 1 N–H and O–H groups in total. The van der Waals surface area contributed by atoms with Crippen LogP contribution in [0.2, 0.25) is 0 Å². The number of hydrogen-bond acceptors (Lipinski definition) is 4. The van der Waals surface area contributed by atoms with Crippen LogP contribution in [0.25, 0.3) is 0 Å². The molecule has 0 aromatic rings. The Hall–Kier alpha value is -0.160. The second-order valence-electron chi connectivity index (χ2n) is 7.21. The van der Waals surface area contributed by atoms with Crippen molar-refractivity contribution in [2.24, 2.45) is 0 Å². The molecule has 0 aromatic heterocycles. The average Bonchev–Trinajstić information content (AvgIpc) is 2.79. The molecule has 114 valence electrons. The molecule has 4 saturated heterocycles. The number of nitrogens with one attached hydrogen (secondary N) is 1. The summed E-state index contributed by atoms with van der Waals surface area (Å²) < 4.78 is 11.7. The van der Waals surface area contributed by atoms with E-state index < -0.39 is 0 Å². The van der Waals surface area contributed by atoms with E-state index in [1.807, 2.05) is 0 Å². The van der Waals surface area contributed by atoms with Crippen molar-refractivity contribution >= 4 is 0 Å². The van der Waals surface area contributed by atoms with Gasteiger partial charge in [0.1, 0.15) is 0 Å². The summed E-state index contributed by atoms with van der Waals surface area (Å²) in [5, 5.41) is 3.80. The minimum absolute atomic E-state index is 0.139. The Labute approximate surface area is 122 Å². The Kier molecular flexibility index (Phi) is 3.75. The quantitative estimate of drug-likeness (QED) is 0.790. The average molecular weight is 280 g/mol. The topological polar surface area (TPSA) is 33.7 Å². The minimum atomic E-state index is 0.139. The van der Waals surface area contributed by atoms with Crippen molar-refractivity contribution in [3.8, 4) is 0 Å². The van der Waals surface area contributed by atoms with E-state index in [9.17, 15) is 0 Å². The van der Waals surface area contributed by atoms with Gasteiger partial charge in [-0.2, -0.15) is 0 Å². The summed E-state index contributed by atoms with van der Waals surface area (Å²) in [5.41, 5.74) is 0.139. The number of fused-ring (bicyclic) bond motifs is 2. The first-order chi connectivity index (χ1) is 9.83. The fourth-order valence-electron chi connectivity index (χ4n) is 4.71. The van der Waals surface area contributed by atoms with Crippen molar-refractivity contribution in [1.29, 1.82) is 0 Å². The molecular weight excluding hydrogens is 252 g/mol. The molecule has 4 aliphatic heterocycles. The predicted molar refractivity (Wildman–Crippen MR) is 77.9 cm³/mol. The summed E-state index contributed by atoms with van der Waals surface area (Å²) in [4.78, 5) is 2.77. The van der Waals surface area contributed by atoms with E-state index in [0.29, 0.717) is 0 Å². The summed E-state index contributed by atoms with van der Waals surface area (Å²) in [6.07, 6.45) is 8.76. The van der Waals surface area contributed by atoms with Gasteiger partial charge in [0.15, 0.2) is 0 Å². The standard InChI is InChI=1S/C16H28N2O2/c1-2-14-12-18(7-3-13(1)17-14)15-4-8-20-16(11-15)5-9-19-10-6-16/h13-15,17H,1-12H2. The van der Waals surface area contributed by atoms with Gasteiger partial charge in [-0.25, -0.2) is 0 Å². The third kappa shape index (κ3) is 2.63. The third-order valence-corrected chi connectivity index (χ3v) is 5.94. The summed E-state index contributed by atoms with van der Waals surface area (Å²) >= 11 is 0. The third-order valence-electron chi connectivity index (χ3n) is 5.94. The Morgan fingerprint density at radius 1 is 0.950 bits per heavy atom. The summed E-state index contributed by atoms with van der Waals surface area (Å²) in [6.45, 7) is 5.26. The SMILES string of the molecule is C1CC2(CCO1)CC(N1CCC3CCC(C1)N3)CCO2. The van der Waals surface area contributed by atoms with E-state index in [1.165, 1.54) is 45.2 Å². The second kappa shape index (κ2) is 5.56. The van der Waals surface area contributed by atoms with Gasteiger partial charge >= 0.3 is 0 Å². The Balaban J connectivity index is 1.42. The largest absolute Gasteiger partial charge is 0.381 e. The van der Waals surface area contributed by atoms with Gasteiger partial charge in [0.25, 0.3) is 0 Å². The van der Waals surface area contributed by atoms with E-state index in [2.05, 4.69) is 10.2 Å². The fourth-order valence-corrected chi connectivity index (χ4v) is 4.71. The first-order valence-electron chi connectivity index (χ1n) is 8.55. The van der Waals surface area contributed by atoms with Gasteiger partial charge in [-0.3, -0.25) is 4.90 Å². The van der Waals surface area contributed by atoms with Crippen LogP contribution in [0.4, 0.5) is 0 Å². The predicted octanol–water partition coefficient (Wildman–Crippen LogP) is 1.54. The lowest BCUT2D eigenvalue weighted by Gasteiger charge is -2.46.